The van der Waals surface area contributed by atoms with Crippen LogP contribution >= 0.6 is 0 Å². The van der Waals surface area contributed by atoms with Crippen molar-refractivity contribution < 1.29 is 14.6 Å². The summed E-state index contributed by atoms with van der Waals surface area (Å²) in [6.07, 6.45) is 3.55. The highest BCUT2D eigenvalue weighted by Crippen LogP contribution is 2.28. The average Bonchev–Trinajstić information content (AvgIpc) is 2.81. The van der Waals surface area contributed by atoms with E-state index in [4.69, 9.17) is 15.6 Å². The van der Waals surface area contributed by atoms with Gasteiger partial charge in [-0.1, -0.05) is 18.6 Å². The molecule has 1 aromatic rings. The zero-order valence-electron chi connectivity index (χ0n) is 10.4. The van der Waals surface area contributed by atoms with Crippen molar-refractivity contribution in [2.45, 2.75) is 38.1 Å². The van der Waals surface area contributed by atoms with Crippen molar-refractivity contribution >= 4 is 5.97 Å². The van der Waals surface area contributed by atoms with Crippen LogP contribution in [0.2, 0.25) is 0 Å². The Morgan fingerprint density at radius 3 is 3.06 bits per heavy atom. The van der Waals surface area contributed by atoms with Crippen LogP contribution in [0.4, 0.5) is 0 Å². The predicted molar refractivity (Wildman–Crippen MR) is 68.7 cm³/mol. The summed E-state index contributed by atoms with van der Waals surface area (Å²) >= 11 is 0. The quantitative estimate of drug-likeness (QED) is 0.758. The van der Waals surface area contributed by atoms with Crippen molar-refractivity contribution in [2.75, 3.05) is 6.61 Å². The number of carboxylic acids is 1. The second-order valence-corrected chi connectivity index (χ2v) is 4.71. The summed E-state index contributed by atoms with van der Waals surface area (Å²) < 4.78 is 5.45. The third-order valence-electron chi connectivity index (χ3n) is 3.30. The molecule has 0 bridgehead atoms. The number of carboxylic acid groups (broad SMARTS) is 1. The number of aliphatic carboxylic acids is 1. The second-order valence-electron chi connectivity index (χ2n) is 4.71. The Kier molecular flexibility index (Phi) is 4.20. The van der Waals surface area contributed by atoms with E-state index < -0.39 is 5.97 Å². The summed E-state index contributed by atoms with van der Waals surface area (Å²) in [6, 6.07) is 6.09. The normalized spacial score (nSPS) is 14.9. The third kappa shape index (κ3) is 3.23. The summed E-state index contributed by atoms with van der Waals surface area (Å²) in [7, 11) is 0. The largest absolute Gasteiger partial charge is 0.493 e. The number of unbranched alkanes of at least 4 members (excludes halogenated alkanes) is 1. The van der Waals surface area contributed by atoms with Gasteiger partial charge < -0.3 is 15.6 Å². The van der Waals surface area contributed by atoms with E-state index in [0.717, 1.165) is 37.2 Å². The van der Waals surface area contributed by atoms with Gasteiger partial charge in [-0.3, -0.25) is 4.79 Å². The number of nitrogens with two attached hydrogens (primary N) is 1. The number of rotatable bonds is 6. The van der Waals surface area contributed by atoms with Crippen LogP contribution in [0.3, 0.4) is 0 Å². The van der Waals surface area contributed by atoms with E-state index in [1.165, 1.54) is 5.56 Å². The lowest BCUT2D eigenvalue weighted by molar-refractivity contribution is -0.137. The van der Waals surface area contributed by atoms with E-state index in [2.05, 4.69) is 6.07 Å². The molecule has 4 heteroatoms. The fraction of sp³-hybridized carbons (Fsp3) is 0.500. The average molecular weight is 249 g/mol. The van der Waals surface area contributed by atoms with Crippen molar-refractivity contribution in [3.63, 3.8) is 0 Å². The van der Waals surface area contributed by atoms with Crippen LogP contribution < -0.4 is 10.5 Å². The highest BCUT2D eigenvalue weighted by molar-refractivity contribution is 5.66. The molecule has 1 aliphatic heterocycles. The predicted octanol–water partition coefficient (Wildman–Crippen LogP) is 2.27. The Morgan fingerprint density at radius 1 is 1.44 bits per heavy atom. The number of benzene rings is 1. The summed E-state index contributed by atoms with van der Waals surface area (Å²) in [5.74, 6) is 0.232. The molecule has 0 fully saturated rings. The van der Waals surface area contributed by atoms with Crippen molar-refractivity contribution in [3.05, 3.63) is 29.3 Å². The van der Waals surface area contributed by atoms with E-state index in [1.54, 1.807) is 0 Å². The van der Waals surface area contributed by atoms with Crippen molar-refractivity contribution in [1.82, 2.24) is 0 Å². The minimum Gasteiger partial charge on any atom is -0.493 e. The van der Waals surface area contributed by atoms with Crippen LogP contribution in [-0.2, 0) is 11.2 Å². The number of fused-ring (bicyclic) bond motifs is 1. The molecule has 0 saturated carbocycles. The Balaban J connectivity index is 1.85. The van der Waals surface area contributed by atoms with Gasteiger partial charge in [-0.25, -0.2) is 0 Å². The number of ether oxygens (including phenoxy) is 1. The third-order valence-corrected chi connectivity index (χ3v) is 3.30. The van der Waals surface area contributed by atoms with Gasteiger partial charge >= 0.3 is 5.97 Å². The Labute approximate surface area is 107 Å². The standard InChI is InChI=1S/C14H19NO3/c15-12(3-1-2-4-14(16)17)10-5-6-13-11(9-10)7-8-18-13/h5-6,9,12H,1-4,7-8,15H2,(H,16,17). The number of hydrogen-bond acceptors (Lipinski definition) is 3. The van der Waals surface area contributed by atoms with Gasteiger partial charge in [0.1, 0.15) is 5.75 Å². The molecule has 18 heavy (non-hydrogen) atoms. The van der Waals surface area contributed by atoms with Crippen LogP contribution in [0.5, 0.6) is 5.75 Å². The molecule has 0 aliphatic carbocycles. The second kappa shape index (κ2) is 5.87. The van der Waals surface area contributed by atoms with E-state index in [-0.39, 0.29) is 12.5 Å². The van der Waals surface area contributed by atoms with Gasteiger partial charge in [0.2, 0.25) is 0 Å². The minimum absolute atomic E-state index is 0.00954. The number of hydrogen-bond donors (Lipinski definition) is 2. The molecule has 0 aromatic heterocycles. The van der Waals surface area contributed by atoms with Crippen molar-refractivity contribution in [1.29, 1.82) is 0 Å². The van der Waals surface area contributed by atoms with Crippen LogP contribution in [-0.4, -0.2) is 17.7 Å². The molecule has 1 heterocycles. The first-order valence-electron chi connectivity index (χ1n) is 6.40. The maximum atomic E-state index is 10.4. The molecule has 3 N–H and O–H groups in total. The van der Waals surface area contributed by atoms with Gasteiger partial charge in [0.05, 0.1) is 6.61 Å². The lowest BCUT2D eigenvalue weighted by Crippen LogP contribution is -2.10. The van der Waals surface area contributed by atoms with Gasteiger partial charge in [0.25, 0.3) is 0 Å². The van der Waals surface area contributed by atoms with Crippen molar-refractivity contribution in [2.24, 2.45) is 5.73 Å². The summed E-state index contributed by atoms with van der Waals surface area (Å²) in [6.45, 7) is 0.757. The molecule has 1 atom stereocenters. The van der Waals surface area contributed by atoms with Gasteiger partial charge in [-0.15, -0.1) is 0 Å². The molecule has 0 saturated heterocycles. The Bertz CT molecular complexity index is 431. The monoisotopic (exact) mass is 249 g/mol. The van der Waals surface area contributed by atoms with Crippen LogP contribution in [0.1, 0.15) is 42.9 Å². The molecule has 1 aliphatic rings. The van der Waals surface area contributed by atoms with Gasteiger partial charge in [-0.05, 0) is 30.0 Å². The summed E-state index contributed by atoms with van der Waals surface area (Å²) in [4.78, 5) is 10.4. The van der Waals surface area contributed by atoms with Gasteiger partial charge in [0, 0.05) is 18.9 Å². The highest BCUT2D eigenvalue weighted by Gasteiger charge is 2.14. The zero-order chi connectivity index (χ0) is 13.0. The lowest BCUT2D eigenvalue weighted by Gasteiger charge is -2.12. The Hall–Kier alpha value is -1.55. The van der Waals surface area contributed by atoms with E-state index >= 15 is 0 Å². The van der Waals surface area contributed by atoms with Gasteiger partial charge in [-0.2, -0.15) is 0 Å². The fourth-order valence-electron chi connectivity index (χ4n) is 2.24. The van der Waals surface area contributed by atoms with Crippen LogP contribution in [0, 0.1) is 0 Å². The summed E-state index contributed by atoms with van der Waals surface area (Å²) in [5.41, 5.74) is 8.47. The molecule has 98 valence electrons. The molecular weight excluding hydrogens is 230 g/mol. The van der Waals surface area contributed by atoms with Gasteiger partial charge in [0.15, 0.2) is 0 Å². The maximum absolute atomic E-state index is 10.4. The molecule has 4 nitrogen and oxygen atoms in total. The summed E-state index contributed by atoms with van der Waals surface area (Å²) in [5, 5.41) is 8.56. The molecule has 2 rings (SSSR count). The molecular formula is C14H19NO3. The highest BCUT2D eigenvalue weighted by atomic mass is 16.5. The zero-order valence-corrected chi connectivity index (χ0v) is 10.4. The maximum Gasteiger partial charge on any atom is 0.303 e. The first-order valence-corrected chi connectivity index (χ1v) is 6.40. The molecule has 0 spiro atoms. The SMILES string of the molecule is NC(CCCCC(=O)O)c1ccc2c(c1)CCO2. The number of carbonyl (C=O) groups is 1. The smallest absolute Gasteiger partial charge is 0.303 e. The molecule has 0 amide bonds. The van der Waals surface area contributed by atoms with Crippen LogP contribution in [0.15, 0.2) is 18.2 Å². The topological polar surface area (TPSA) is 72.6 Å². The molecule has 1 aromatic carbocycles. The molecule has 1 unspecified atom stereocenters. The van der Waals surface area contributed by atoms with E-state index in [0.29, 0.717) is 6.42 Å². The van der Waals surface area contributed by atoms with E-state index in [9.17, 15) is 4.79 Å². The first kappa shape index (κ1) is 12.9. The lowest BCUT2D eigenvalue weighted by atomic mass is 9.98. The fourth-order valence-corrected chi connectivity index (χ4v) is 2.24. The van der Waals surface area contributed by atoms with Crippen LogP contribution in [0.25, 0.3) is 0 Å². The van der Waals surface area contributed by atoms with Crippen molar-refractivity contribution in [3.8, 4) is 5.75 Å². The minimum atomic E-state index is -0.738. The molecule has 0 radical (unpaired) electrons. The Morgan fingerprint density at radius 2 is 2.28 bits per heavy atom. The first-order chi connectivity index (χ1) is 8.66. The van der Waals surface area contributed by atoms with E-state index in [1.807, 2.05) is 12.1 Å².